The first-order valence-corrected chi connectivity index (χ1v) is 8.90. The average Bonchev–Trinajstić information content (AvgIpc) is 3.41. The molecular formula is C20H18N6O. The highest BCUT2D eigenvalue weighted by atomic mass is 16.3. The van der Waals surface area contributed by atoms with Crippen molar-refractivity contribution in [3.63, 3.8) is 0 Å². The van der Waals surface area contributed by atoms with Gasteiger partial charge in [-0.25, -0.2) is 4.98 Å². The molecule has 7 nitrogen and oxygen atoms in total. The summed E-state index contributed by atoms with van der Waals surface area (Å²) in [6.45, 7) is 0. The van der Waals surface area contributed by atoms with E-state index in [-0.39, 0.29) is 5.75 Å². The van der Waals surface area contributed by atoms with Gasteiger partial charge < -0.3 is 15.7 Å². The highest BCUT2D eigenvalue weighted by molar-refractivity contribution is 5.91. The van der Waals surface area contributed by atoms with Crippen LogP contribution in [0.2, 0.25) is 0 Å². The minimum atomic E-state index is 0.184. The summed E-state index contributed by atoms with van der Waals surface area (Å²) in [6.07, 6.45) is 2.44. The SMILES string of the molecule is Oc1cccc(Nc2nc(Nc3cc(C4CC4)[nH]n3)c3ccccc3n2)c1. The first kappa shape index (κ1) is 15.6. The number of phenols is 1. The standard InChI is InChI=1S/C20H18N6O/c27-14-5-3-4-13(10-14)21-20-22-16-7-2-1-6-15(16)19(24-20)23-18-11-17(25-26-18)12-8-9-12/h1-7,10-12,27H,8-9H2,(H3,21,22,23,24,25,26). The summed E-state index contributed by atoms with van der Waals surface area (Å²) in [6, 6.07) is 16.7. The average molecular weight is 358 g/mol. The van der Waals surface area contributed by atoms with Crippen LogP contribution < -0.4 is 10.6 Å². The van der Waals surface area contributed by atoms with Crippen LogP contribution in [-0.2, 0) is 0 Å². The van der Waals surface area contributed by atoms with Crippen LogP contribution in [0.25, 0.3) is 10.9 Å². The largest absolute Gasteiger partial charge is 0.508 e. The van der Waals surface area contributed by atoms with Crippen LogP contribution in [0.15, 0.2) is 54.6 Å². The summed E-state index contributed by atoms with van der Waals surface area (Å²) < 4.78 is 0. The lowest BCUT2D eigenvalue weighted by Gasteiger charge is -2.10. The molecule has 0 amide bonds. The van der Waals surface area contributed by atoms with Gasteiger partial charge in [0.15, 0.2) is 5.82 Å². The third-order valence-corrected chi connectivity index (χ3v) is 4.57. The third-order valence-electron chi connectivity index (χ3n) is 4.57. The Hall–Kier alpha value is -3.61. The van der Waals surface area contributed by atoms with E-state index in [0.29, 0.717) is 23.4 Å². The Morgan fingerprint density at radius 1 is 0.963 bits per heavy atom. The van der Waals surface area contributed by atoms with E-state index >= 15 is 0 Å². The maximum atomic E-state index is 9.66. The van der Waals surface area contributed by atoms with Crippen molar-refractivity contribution in [2.24, 2.45) is 0 Å². The van der Waals surface area contributed by atoms with Crippen molar-refractivity contribution in [1.29, 1.82) is 0 Å². The summed E-state index contributed by atoms with van der Waals surface area (Å²) in [4.78, 5) is 9.20. The minimum absolute atomic E-state index is 0.184. The Morgan fingerprint density at radius 2 is 1.85 bits per heavy atom. The molecule has 2 heterocycles. The maximum absolute atomic E-state index is 9.66. The molecule has 0 aliphatic heterocycles. The fourth-order valence-electron chi connectivity index (χ4n) is 3.07. The zero-order valence-electron chi connectivity index (χ0n) is 14.5. The maximum Gasteiger partial charge on any atom is 0.229 e. The summed E-state index contributed by atoms with van der Waals surface area (Å²) >= 11 is 0. The van der Waals surface area contributed by atoms with Crippen molar-refractivity contribution < 1.29 is 5.11 Å². The van der Waals surface area contributed by atoms with Gasteiger partial charge in [-0.05, 0) is 37.1 Å². The monoisotopic (exact) mass is 358 g/mol. The minimum Gasteiger partial charge on any atom is -0.508 e. The molecule has 7 heteroatoms. The van der Waals surface area contributed by atoms with Gasteiger partial charge in [-0.15, -0.1) is 0 Å². The zero-order chi connectivity index (χ0) is 18.2. The van der Waals surface area contributed by atoms with E-state index in [0.717, 1.165) is 22.4 Å². The molecule has 4 N–H and O–H groups in total. The van der Waals surface area contributed by atoms with Crippen LogP contribution in [0.5, 0.6) is 5.75 Å². The van der Waals surface area contributed by atoms with Crippen LogP contribution in [0.1, 0.15) is 24.5 Å². The number of nitrogens with zero attached hydrogens (tertiary/aromatic N) is 3. The second kappa shape index (κ2) is 6.28. The van der Waals surface area contributed by atoms with Gasteiger partial charge in [0.1, 0.15) is 11.6 Å². The van der Waals surface area contributed by atoms with Crippen molar-refractivity contribution in [3.8, 4) is 5.75 Å². The van der Waals surface area contributed by atoms with Crippen molar-refractivity contribution in [2.45, 2.75) is 18.8 Å². The van der Waals surface area contributed by atoms with Crippen molar-refractivity contribution in [2.75, 3.05) is 10.6 Å². The normalized spacial score (nSPS) is 13.6. The molecule has 0 atom stereocenters. The van der Waals surface area contributed by atoms with Crippen molar-refractivity contribution >= 4 is 34.2 Å². The van der Waals surface area contributed by atoms with Gasteiger partial charge in [0.2, 0.25) is 5.95 Å². The lowest BCUT2D eigenvalue weighted by atomic mass is 10.2. The Labute approximate surface area is 155 Å². The number of nitrogens with one attached hydrogen (secondary N) is 3. The van der Waals surface area contributed by atoms with Crippen LogP contribution >= 0.6 is 0 Å². The summed E-state index contributed by atoms with van der Waals surface area (Å²) in [7, 11) is 0. The van der Waals surface area contributed by atoms with E-state index in [1.165, 1.54) is 12.8 Å². The number of phenolic OH excluding ortho intramolecular Hbond substituents is 1. The van der Waals surface area contributed by atoms with Gasteiger partial charge in [0.05, 0.1) is 5.52 Å². The van der Waals surface area contributed by atoms with E-state index in [9.17, 15) is 5.11 Å². The molecule has 1 aliphatic carbocycles. The highest BCUT2D eigenvalue weighted by Gasteiger charge is 2.25. The number of rotatable bonds is 5. The predicted molar refractivity (Wildman–Crippen MR) is 105 cm³/mol. The molecular weight excluding hydrogens is 340 g/mol. The van der Waals surface area contributed by atoms with Crippen LogP contribution in [0.4, 0.5) is 23.3 Å². The van der Waals surface area contributed by atoms with E-state index in [4.69, 9.17) is 0 Å². The molecule has 1 fully saturated rings. The number of para-hydroxylation sites is 1. The summed E-state index contributed by atoms with van der Waals surface area (Å²) in [5, 5.41) is 24.5. The summed E-state index contributed by atoms with van der Waals surface area (Å²) in [5.41, 5.74) is 2.69. The molecule has 2 aromatic carbocycles. The van der Waals surface area contributed by atoms with Crippen molar-refractivity contribution in [3.05, 3.63) is 60.3 Å². The quantitative estimate of drug-likeness (QED) is 0.421. The van der Waals surface area contributed by atoms with Gasteiger partial charge in [0.25, 0.3) is 0 Å². The molecule has 0 unspecified atom stereocenters. The molecule has 0 radical (unpaired) electrons. The van der Waals surface area contributed by atoms with E-state index in [1.54, 1.807) is 18.2 Å². The fourth-order valence-corrected chi connectivity index (χ4v) is 3.07. The second-order valence-corrected chi connectivity index (χ2v) is 6.70. The number of aromatic nitrogens is 4. The zero-order valence-corrected chi connectivity index (χ0v) is 14.5. The molecule has 134 valence electrons. The van der Waals surface area contributed by atoms with Crippen LogP contribution in [0, 0.1) is 0 Å². The summed E-state index contributed by atoms with van der Waals surface area (Å²) in [5.74, 6) is 2.65. The molecule has 0 saturated heterocycles. The number of aromatic amines is 1. The Balaban J connectivity index is 1.51. The van der Waals surface area contributed by atoms with Gasteiger partial charge >= 0.3 is 0 Å². The number of aromatic hydroxyl groups is 1. The third kappa shape index (κ3) is 3.27. The van der Waals surface area contributed by atoms with Crippen LogP contribution in [0.3, 0.4) is 0 Å². The Morgan fingerprint density at radius 3 is 2.70 bits per heavy atom. The predicted octanol–water partition coefficient (Wildman–Crippen LogP) is 4.42. The smallest absolute Gasteiger partial charge is 0.229 e. The van der Waals surface area contributed by atoms with Crippen molar-refractivity contribution in [1.82, 2.24) is 20.2 Å². The number of benzene rings is 2. The molecule has 1 saturated carbocycles. The van der Waals surface area contributed by atoms with E-state index in [2.05, 4.69) is 30.8 Å². The van der Waals surface area contributed by atoms with Gasteiger partial charge in [-0.2, -0.15) is 10.1 Å². The van der Waals surface area contributed by atoms with E-state index in [1.807, 2.05) is 36.4 Å². The lowest BCUT2D eigenvalue weighted by Crippen LogP contribution is -2.02. The number of H-pyrrole nitrogens is 1. The fraction of sp³-hybridized carbons (Fsp3) is 0.150. The Bertz CT molecular complexity index is 1120. The molecule has 4 aromatic rings. The number of hydrogen-bond acceptors (Lipinski definition) is 6. The molecule has 0 spiro atoms. The van der Waals surface area contributed by atoms with Gasteiger partial charge in [-0.1, -0.05) is 18.2 Å². The highest BCUT2D eigenvalue weighted by Crippen LogP contribution is 2.39. The van der Waals surface area contributed by atoms with Crippen LogP contribution in [-0.4, -0.2) is 25.3 Å². The first-order valence-electron chi connectivity index (χ1n) is 8.90. The van der Waals surface area contributed by atoms with Gasteiger partial charge in [0, 0.05) is 34.8 Å². The first-order chi connectivity index (χ1) is 13.2. The molecule has 0 bridgehead atoms. The topological polar surface area (TPSA) is 98.8 Å². The molecule has 1 aliphatic rings. The molecule has 5 rings (SSSR count). The van der Waals surface area contributed by atoms with Gasteiger partial charge in [-0.3, -0.25) is 5.10 Å². The number of anilines is 4. The Kier molecular flexibility index (Phi) is 3.64. The number of fused-ring (bicyclic) bond motifs is 1. The molecule has 2 aromatic heterocycles. The lowest BCUT2D eigenvalue weighted by molar-refractivity contribution is 0.475. The number of hydrogen-bond donors (Lipinski definition) is 4. The van der Waals surface area contributed by atoms with E-state index < -0.39 is 0 Å². The molecule has 27 heavy (non-hydrogen) atoms. The second-order valence-electron chi connectivity index (χ2n) is 6.70.